The molecule has 3 rings (SSSR count). The smallest absolute Gasteiger partial charge is 0.407 e. The molecule has 0 aromatic carbocycles. The van der Waals surface area contributed by atoms with Gasteiger partial charge in [0, 0.05) is 31.9 Å². The van der Waals surface area contributed by atoms with Crippen molar-refractivity contribution in [2.24, 2.45) is 10.9 Å². The number of nitrogens with zero attached hydrogens (tertiary/aromatic N) is 3. The highest BCUT2D eigenvalue weighted by Gasteiger charge is 2.33. The number of amides is 1. The van der Waals surface area contributed by atoms with E-state index in [1.807, 2.05) is 19.1 Å². The average Bonchev–Trinajstić information content (AvgIpc) is 3.45. The molecule has 1 aromatic heterocycles. The maximum Gasteiger partial charge on any atom is 0.407 e. The predicted molar refractivity (Wildman–Crippen MR) is 116 cm³/mol. The Morgan fingerprint density at radius 3 is 2.93 bits per heavy atom. The van der Waals surface area contributed by atoms with E-state index in [9.17, 15) is 4.79 Å². The van der Waals surface area contributed by atoms with Gasteiger partial charge in [-0.1, -0.05) is 11.6 Å². The largest absolute Gasteiger partial charge is 0.450 e. The van der Waals surface area contributed by atoms with Gasteiger partial charge in [0.25, 0.3) is 0 Å². The number of aliphatic imine (C=N–C) groups is 1. The Morgan fingerprint density at radius 2 is 2.24 bits per heavy atom. The van der Waals surface area contributed by atoms with Crippen LogP contribution in [0.3, 0.4) is 0 Å². The van der Waals surface area contributed by atoms with Gasteiger partial charge in [0.2, 0.25) is 0 Å². The summed E-state index contributed by atoms with van der Waals surface area (Å²) in [6, 6.07) is 3.97. The van der Waals surface area contributed by atoms with Crippen molar-refractivity contribution in [2.75, 3.05) is 37.7 Å². The first kappa shape index (κ1) is 21.5. The van der Waals surface area contributed by atoms with Crippen molar-refractivity contribution in [1.29, 1.82) is 0 Å². The molecule has 1 saturated heterocycles. The van der Waals surface area contributed by atoms with E-state index in [0.29, 0.717) is 24.1 Å². The maximum atomic E-state index is 11.8. The zero-order valence-electron chi connectivity index (χ0n) is 17.2. The van der Waals surface area contributed by atoms with E-state index >= 15 is 0 Å². The fraction of sp³-hybridized carbons (Fsp3) is 0.650. The molecule has 1 aliphatic heterocycles. The Labute approximate surface area is 177 Å². The van der Waals surface area contributed by atoms with Crippen molar-refractivity contribution in [3.63, 3.8) is 0 Å². The number of alkyl carbamates (subject to hydrolysis) is 1. The number of pyridine rings is 1. The van der Waals surface area contributed by atoms with Gasteiger partial charge in [-0.05, 0) is 51.2 Å². The van der Waals surface area contributed by atoms with Crippen LogP contribution in [0.1, 0.15) is 33.1 Å². The molecule has 2 fully saturated rings. The molecular weight excluding hydrogens is 392 g/mol. The third-order valence-electron chi connectivity index (χ3n) is 5.13. The molecule has 1 amide bonds. The number of carbonyl (C=O) groups excluding carboxylic acids is 1. The number of halogens is 1. The fourth-order valence-corrected chi connectivity index (χ4v) is 3.76. The molecule has 2 heterocycles. The quantitative estimate of drug-likeness (QED) is 0.440. The molecule has 3 N–H and O–H groups in total. The van der Waals surface area contributed by atoms with Crippen LogP contribution in [0.4, 0.5) is 10.6 Å². The van der Waals surface area contributed by atoms with Crippen LogP contribution in [-0.2, 0) is 4.74 Å². The molecule has 29 heavy (non-hydrogen) atoms. The van der Waals surface area contributed by atoms with Gasteiger partial charge >= 0.3 is 6.09 Å². The number of anilines is 1. The average molecular weight is 423 g/mol. The number of hydrogen-bond acceptors (Lipinski definition) is 5. The zero-order valence-corrected chi connectivity index (χ0v) is 17.9. The van der Waals surface area contributed by atoms with Crippen LogP contribution in [0.5, 0.6) is 0 Å². The van der Waals surface area contributed by atoms with Crippen molar-refractivity contribution in [2.45, 2.75) is 45.2 Å². The first-order valence-corrected chi connectivity index (χ1v) is 10.8. The number of carbonyl (C=O) groups is 1. The Hall–Kier alpha value is -2.22. The summed E-state index contributed by atoms with van der Waals surface area (Å²) in [4.78, 5) is 23.1. The lowest BCUT2D eigenvalue weighted by Gasteiger charge is -2.21. The van der Waals surface area contributed by atoms with E-state index in [4.69, 9.17) is 21.3 Å². The minimum absolute atomic E-state index is 0.0110. The second-order valence-corrected chi connectivity index (χ2v) is 7.82. The molecule has 2 atom stereocenters. The maximum absolute atomic E-state index is 11.8. The van der Waals surface area contributed by atoms with Crippen LogP contribution < -0.4 is 20.9 Å². The van der Waals surface area contributed by atoms with Gasteiger partial charge in [0.15, 0.2) is 5.96 Å². The Morgan fingerprint density at radius 1 is 1.41 bits per heavy atom. The molecule has 9 heteroatoms. The summed E-state index contributed by atoms with van der Waals surface area (Å²) < 4.78 is 5.02. The Bertz CT molecular complexity index is 712. The molecular formula is C20H31ClN6O2. The van der Waals surface area contributed by atoms with Crippen LogP contribution in [0, 0.1) is 5.92 Å². The van der Waals surface area contributed by atoms with Gasteiger partial charge < -0.3 is 25.6 Å². The summed E-state index contributed by atoms with van der Waals surface area (Å²) >= 11 is 6.29. The first-order chi connectivity index (χ1) is 14.1. The monoisotopic (exact) mass is 422 g/mol. The highest BCUT2D eigenvalue weighted by atomic mass is 35.5. The van der Waals surface area contributed by atoms with Crippen LogP contribution in [0.15, 0.2) is 23.3 Å². The summed E-state index contributed by atoms with van der Waals surface area (Å²) in [5, 5.41) is 10.4. The first-order valence-electron chi connectivity index (χ1n) is 10.4. The SMILES string of the molecule is CCNC(=NCC(NC(=O)OCC)C1CC1)NC1CCN(c2ncccc2Cl)C1. The number of guanidine groups is 1. The molecule has 8 nitrogen and oxygen atoms in total. The fourth-order valence-electron chi connectivity index (χ4n) is 3.52. The molecule has 0 radical (unpaired) electrons. The van der Waals surface area contributed by atoms with Crippen molar-refractivity contribution in [3.8, 4) is 0 Å². The number of ether oxygens (including phenoxy) is 1. The highest BCUT2D eigenvalue weighted by Crippen LogP contribution is 2.33. The molecule has 0 spiro atoms. The third-order valence-corrected chi connectivity index (χ3v) is 5.42. The molecule has 0 bridgehead atoms. The van der Waals surface area contributed by atoms with Gasteiger partial charge in [0.05, 0.1) is 24.2 Å². The van der Waals surface area contributed by atoms with Crippen LogP contribution in [0.2, 0.25) is 5.02 Å². The lowest BCUT2D eigenvalue weighted by Crippen LogP contribution is -2.46. The minimum Gasteiger partial charge on any atom is -0.450 e. The molecule has 160 valence electrons. The third kappa shape index (κ3) is 6.39. The normalized spacial score (nSPS) is 20.3. The number of nitrogens with one attached hydrogen (secondary N) is 3. The van der Waals surface area contributed by atoms with Gasteiger partial charge in [-0.2, -0.15) is 0 Å². The lowest BCUT2D eigenvalue weighted by molar-refractivity contribution is 0.147. The Balaban J connectivity index is 1.56. The van der Waals surface area contributed by atoms with Crippen LogP contribution in [-0.4, -0.2) is 61.9 Å². The topological polar surface area (TPSA) is 90.9 Å². The van der Waals surface area contributed by atoms with Gasteiger partial charge in [0.1, 0.15) is 5.82 Å². The predicted octanol–water partition coefficient (Wildman–Crippen LogP) is 2.39. The second kappa shape index (κ2) is 10.5. The van der Waals surface area contributed by atoms with E-state index in [0.717, 1.165) is 50.7 Å². The van der Waals surface area contributed by atoms with Crippen molar-refractivity contribution in [1.82, 2.24) is 20.9 Å². The van der Waals surface area contributed by atoms with Gasteiger partial charge in [-0.15, -0.1) is 0 Å². The molecule has 2 unspecified atom stereocenters. The molecule has 1 saturated carbocycles. The number of hydrogen-bond donors (Lipinski definition) is 3. The number of rotatable bonds is 8. The van der Waals surface area contributed by atoms with E-state index in [2.05, 4.69) is 25.8 Å². The van der Waals surface area contributed by atoms with E-state index in [1.165, 1.54) is 0 Å². The van der Waals surface area contributed by atoms with Crippen molar-refractivity contribution >= 4 is 29.5 Å². The summed E-state index contributed by atoms with van der Waals surface area (Å²) in [6.07, 6.45) is 4.63. The summed E-state index contributed by atoms with van der Waals surface area (Å²) in [7, 11) is 0. The highest BCUT2D eigenvalue weighted by molar-refractivity contribution is 6.32. The summed E-state index contributed by atoms with van der Waals surface area (Å²) in [6.45, 7) is 7.22. The lowest BCUT2D eigenvalue weighted by atomic mass is 10.2. The summed E-state index contributed by atoms with van der Waals surface area (Å²) in [5.41, 5.74) is 0. The minimum atomic E-state index is -0.365. The van der Waals surface area contributed by atoms with Crippen LogP contribution >= 0.6 is 11.6 Å². The van der Waals surface area contributed by atoms with Gasteiger partial charge in [-0.25, -0.2) is 9.78 Å². The summed E-state index contributed by atoms with van der Waals surface area (Å²) in [5.74, 6) is 2.08. The van der Waals surface area contributed by atoms with Crippen molar-refractivity contribution < 1.29 is 9.53 Å². The van der Waals surface area contributed by atoms with Crippen LogP contribution in [0.25, 0.3) is 0 Å². The number of aromatic nitrogens is 1. The van der Waals surface area contributed by atoms with E-state index in [-0.39, 0.29) is 18.2 Å². The molecule has 1 aromatic rings. The Kier molecular flexibility index (Phi) is 7.80. The second-order valence-electron chi connectivity index (χ2n) is 7.41. The zero-order chi connectivity index (χ0) is 20.6. The molecule has 2 aliphatic rings. The van der Waals surface area contributed by atoms with E-state index < -0.39 is 0 Å². The van der Waals surface area contributed by atoms with Gasteiger partial charge in [-0.3, -0.25) is 4.99 Å². The standard InChI is InChI=1S/C20H31ClN6O2/c1-3-22-19(24-12-17(14-7-8-14)26-20(28)29-4-2)25-15-9-11-27(13-15)18-16(21)6-5-10-23-18/h5-6,10,14-15,17H,3-4,7-9,11-13H2,1-2H3,(H,26,28)(H2,22,24,25). The van der Waals surface area contributed by atoms with Crippen molar-refractivity contribution in [3.05, 3.63) is 23.4 Å². The van der Waals surface area contributed by atoms with E-state index in [1.54, 1.807) is 13.1 Å². The molecule has 1 aliphatic carbocycles.